The molecule has 3 N–H and O–H groups in total. The van der Waals surface area contributed by atoms with Crippen molar-refractivity contribution in [3.8, 4) is 11.8 Å². The van der Waals surface area contributed by atoms with E-state index >= 15 is 0 Å². The summed E-state index contributed by atoms with van der Waals surface area (Å²) < 4.78 is 43.9. The molecule has 0 aromatic heterocycles. The molecule has 2 amide bonds. The lowest BCUT2D eigenvalue weighted by Gasteiger charge is -2.13. The maximum Gasteiger partial charge on any atom is 0.420 e. The number of carbonyl (C=O) groups excluding carboxylic acids is 1. The number of hydrogen-bond donors (Lipinski definition) is 3. The van der Waals surface area contributed by atoms with Gasteiger partial charge in [0.05, 0.1) is 17.2 Å². The van der Waals surface area contributed by atoms with Gasteiger partial charge in [-0.05, 0) is 32.0 Å². The minimum absolute atomic E-state index is 0.175. The minimum Gasteiger partial charge on any atom is -0.439 e. The molecule has 9 heteroatoms. The summed E-state index contributed by atoms with van der Waals surface area (Å²) in [4.78, 5) is 11.3. The van der Waals surface area contributed by atoms with Crippen LogP contribution in [-0.4, -0.2) is 18.5 Å². The predicted octanol–water partition coefficient (Wildman–Crippen LogP) is 3.16. The van der Waals surface area contributed by atoms with Gasteiger partial charge in [-0.15, -0.1) is 0 Å². The van der Waals surface area contributed by atoms with Crippen molar-refractivity contribution in [1.82, 2.24) is 10.6 Å². The van der Waals surface area contributed by atoms with Crippen LogP contribution in [0.3, 0.4) is 0 Å². The molecule has 0 aliphatic carbocycles. The molecule has 1 aromatic rings. The Kier molecular flexibility index (Phi) is 6.35. The highest BCUT2D eigenvalue weighted by Crippen LogP contribution is 2.36. The average Bonchev–Trinajstić information content (AvgIpc) is 2.46. The van der Waals surface area contributed by atoms with E-state index in [0.717, 1.165) is 18.2 Å². The van der Waals surface area contributed by atoms with Gasteiger partial charge in [0, 0.05) is 18.3 Å². The van der Waals surface area contributed by atoms with Crippen LogP contribution in [0.4, 0.5) is 18.0 Å². The maximum absolute atomic E-state index is 13.0. The Morgan fingerprint density at radius 3 is 2.67 bits per heavy atom. The third-order valence-corrected chi connectivity index (χ3v) is 2.63. The largest absolute Gasteiger partial charge is 0.439 e. The number of amides is 2. The SMILES string of the molecule is CCNC(=O)N/C(C)=C\C(=N)Oc1ccc(C#N)cc1C(F)(F)F. The van der Waals surface area contributed by atoms with Gasteiger partial charge in [0.25, 0.3) is 0 Å². The molecule has 0 spiro atoms. The number of hydrogen-bond acceptors (Lipinski definition) is 4. The maximum atomic E-state index is 13.0. The van der Waals surface area contributed by atoms with Crippen molar-refractivity contribution < 1.29 is 22.7 Å². The number of nitrogens with zero attached hydrogens (tertiary/aromatic N) is 1. The highest BCUT2D eigenvalue weighted by molar-refractivity contribution is 5.88. The van der Waals surface area contributed by atoms with Gasteiger partial charge >= 0.3 is 12.2 Å². The predicted molar refractivity (Wildman–Crippen MR) is 80.5 cm³/mol. The molecule has 0 aliphatic heterocycles. The van der Waals surface area contributed by atoms with Crippen LogP contribution in [0.1, 0.15) is 25.0 Å². The topological polar surface area (TPSA) is 98.0 Å². The van der Waals surface area contributed by atoms with Crippen LogP contribution >= 0.6 is 0 Å². The molecule has 0 aliphatic rings. The zero-order valence-electron chi connectivity index (χ0n) is 12.9. The van der Waals surface area contributed by atoms with Crippen LogP contribution < -0.4 is 15.4 Å². The molecule has 0 bridgehead atoms. The van der Waals surface area contributed by atoms with E-state index in [4.69, 9.17) is 15.4 Å². The number of halogens is 3. The van der Waals surface area contributed by atoms with E-state index < -0.39 is 29.4 Å². The third-order valence-electron chi connectivity index (χ3n) is 2.63. The number of rotatable bonds is 4. The average molecular weight is 340 g/mol. The number of alkyl halides is 3. The Balaban J connectivity index is 2.95. The van der Waals surface area contributed by atoms with Crippen LogP contribution in [0.5, 0.6) is 5.75 Å². The summed E-state index contributed by atoms with van der Waals surface area (Å²) in [5.41, 5.74) is -1.12. The molecule has 0 unspecified atom stereocenters. The van der Waals surface area contributed by atoms with Crippen molar-refractivity contribution in [2.75, 3.05) is 6.54 Å². The number of allylic oxidation sites excluding steroid dienone is 1. The number of carbonyl (C=O) groups is 1. The molecule has 128 valence electrons. The lowest BCUT2D eigenvalue weighted by Crippen LogP contribution is -2.34. The fourth-order valence-corrected chi connectivity index (χ4v) is 1.67. The van der Waals surface area contributed by atoms with Crippen LogP contribution in [0.15, 0.2) is 30.0 Å². The van der Waals surface area contributed by atoms with Gasteiger partial charge in [0.1, 0.15) is 5.75 Å². The summed E-state index contributed by atoms with van der Waals surface area (Å²) >= 11 is 0. The summed E-state index contributed by atoms with van der Waals surface area (Å²) in [6.45, 7) is 3.57. The molecular weight excluding hydrogens is 325 g/mol. The van der Waals surface area contributed by atoms with Crippen LogP contribution in [-0.2, 0) is 6.18 Å². The van der Waals surface area contributed by atoms with Gasteiger partial charge in [0.2, 0.25) is 5.90 Å². The molecule has 0 saturated heterocycles. The van der Waals surface area contributed by atoms with Crippen molar-refractivity contribution in [2.24, 2.45) is 0 Å². The Hall–Kier alpha value is -3.02. The number of urea groups is 1. The van der Waals surface area contributed by atoms with Gasteiger partial charge < -0.3 is 15.4 Å². The van der Waals surface area contributed by atoms with Crippen molar-refractivity contribution >= 4 is 11.9 Å². The third kappa shape index (κ3) is 5.64. The first-order chi connectivity index (χ1) is 11.2. The molecule has 0 fully saturated rings. The summed E-state index contributed by atoms with van der Waals surface area (Å²) in [5.74, 6) is -1.20. The second-order valence-electron chi connectivity index (χ2n) is 4.60. The first-order valence-corrected chi connectivity index (χ1v) is 6.78. The second kappa shape index (κ2) is 8.01. The highest BCUT2D eigenvalue weighted by Gasteiger charge is 2.35. The van der Waals surface area contributed by atoms with Crippen LogP contribution in [0.25, 0.3) is 0 Å². The Morgan fingerprint density at radius 2 is 2.12 bits per heavy atom. The lowest BCUT2D eigenvalue weighted by molar-refractivity contribution is -0.138. The fraction of sp³-hybridized carbons (Fsp3) is 0.267. The summed E-state index contributed by atoms with van der Waals surface area (Å²) in [6.07, 6.45) is -3.67. The van der Waals surface area contributed by atoms with E-state index in [1.165, 1.54) is 6.92 Å². The second-order valence-corrected chi connectivity index (χ2v) is 4.60. The fourth-order valence-electron chi connectivity index (χ4n) is 1.67. The van der Waals surface area contributed by atoms with E-state index in [1.807, 2.05) is 0 Å². The first-order valence-electron chi connectivity index (χ1n) is 6.78. The Morgan fingerprint density at radius 1 is 1.46 bits per heavy atom. The first kappa shape index (κ1) is 19.0. The van der Waals surface area contributed by atoms with E-state index in [0.29, 0.717) is 12.6 Å². The van der Waals surface area contributed by atoms with Crippen LogP contribution in [0.2, 0.25) is 0 Å². The molecule has 6 nitrogen and oxygen atoms in total. The van der Waals surface area contributed by atoms with Crippen molar-refractivity contribution in [3.63, 3.8) is 0 Å². The summed E-state index contributed by atoms with van der Waals surface area (Å²) in [7, 11) is 0. The van der Waals surface area contributed by atoms with E-state index in [1.54, 1.807) is 13.0 Å². The van der Waals surface area contributed by atoms with Crippen molar-refractivity contribution in [2.45, 2.75) is 20.0 Å². The van der Waals surface area contributed by atoms with Crippen LogP contribution in [0, 0.1) is 16.7 Å². The molecule has 0 saturated carbocycles. The Labute approximate surface area is 136 Å². The van der Waals surface area contributed by atoms with E-state index in [2.05, 4.69) is 10.6 Å². The number of nitrogens with one attached hydrogen (secondary N) is 3. The lowest BCUT2D eigenvalue weighted by atomic mass is 10.1. The molecule has 24 heavy (non-hydrogen) atoms. The minimum atomic E-state index is -4.74. The number of benzene rings is 1. The van der Waals surface area contributed by atoms with E-state index in [9.17, 15) is 18.0 Å². The molecule has 0 heterocycles. The number of ether oxygens (including phenoxy) is 1. The van der Waals surface area contributed by atoms with Crippen molar-refractivity contribution in [3.05, 3.63) is 41.1 Å². The van der Waals surface area contributed by atoms with Gasteiger partial charge in [0.15, 0.2) is 0 Å². The normalized spacial score (nSPS) is 11.4. The van der Waals surface area contributed by atoms with Gasteiger partial charge in [-0.25, -0.2) is 4.79 Å². The molecule has 0 radical (unpaired) electrons. The highest BCUT2D eigenvalue weighted by atomic mass is 19.4. The van der Waals surface area contributed by atoms with Gasteiger partial charge in [-0.2, -0.15) is 18.4 Å². The number of nitriles is 1. The monoisotopic (exact) mass is 340 g/mol. The smallest absolute Gasteiger partial charge is 0.420 e. The molecular formula is C15H15F3N4O2. The van der Waals surface area contributed by atoms with E-state index in [-0.39, 0.29) is 11.3 Å². The zero-order valence-corrected chi connectivity index (χ0v) is 12.9. The molecule has 1 aromatic carbocycles. The Bertz CT molecular complexity index is 706. The summed E-state index contributed by atoms with van der Waals surface area (Å²) in [5, 5.41) is 21.1. The quantitative estimate of drug-likeness (QED) is 0.580. The standard InChI is InChI=1S/C15H15F3N4O2/c1-3-21-14(23)22-9(2)6-13(20)24-12-5-4-10(8-19)7-11(12)15(16,17)18/h4-7,20H,3H2,1-2H3,(H2,21,22,23)/b9-6-,20-13?. The molecule has 1 rings (SSSR count). The van der Waals surface area contributed by atoms with Gasteiger partial charge in [-0.1, -0.05) is 0 Å². The van der Waals surface area contributed by atoms with Crippen molar-refractivity contribution in [1.29, 1.82) is 10.7 Å². The molecule has 0 atom stereocenters. The van der Waals surface area contributed by atoms with Gasteiger partial charge in [-0.3, -0.25) is 5.41 Å². The zero-order chi connectivity index (χ0) is 18.3. The summed E-state index contributed by atoms with van der Waals surface area (Å²) in [6, 6.07) is 3.87.